The van der Waals surface area contributed by atoms with Crippen molar-refractivity contribution in [1.82, 2.24) is 9.78 Å². The molecular weight excluding hydrogens is 168 g/mol. The fraction of sp³-hybridized carbons (Fsp3) is 0.556. The Morgan fingerprint density at radius 3 is 2.92 bits per heavy atom. The molecule has 0 saturated carbocycles. The number of carbonyl (C=O) groups excluding carboxylic acids is 1. The van der Waals surface area contributed by atoms with Crippen LogP contribution in [-0.4, -0.2) is 27.3 Å². The van der Waals surface area contributed by atoms with Crippen LogP contribution in [0.15, 0.2) is 6.07 Å². The van der Waals surface area contributed by atoms with Crippen molar-refractivity contribution in [2.75, 3.05) is 0 Å². The maximum atomic E-state index is 10.2. The van der Waals surface area contributed by atoms with Gasteiger partial charge in [-0.25, -0.2) is 0 Å². The average Bonchev–Trinajstić information content (AvgIpc) is 2.47. The van der Waals surface area contributed by atoms with E-state index in [-0.39, 0.29) is 0 Å². The van der Waals surface area contributed by atoms with Gasteiger partial charge in [0.1, 0.15) is 12.4 Å². The molecule has 0 bridgehead atoms. The first-order chi connectivity index (χ1) is 6.17. The van der Waals surface area contributed by atoms with Crippen LogP contribution in [-0.2, 0) is 24.7 Å². The summed E-state index contributed by atoms with van der Waals surface area (Å²) in [7, 11) is 1.81. The van der Waals surface area contributed by atoms with Gasteiger partial charge in [0.2, 0.25) is 0 Å². The van der Waals surface area contributed by atoms with Crippen LogP contribution in [0, 0.1) is 0 Å². The molecule has 0 fully saturated rings. The summed E-state index contributed by atoms with van der Waals surface area (Å²) >= 11 is 0. The lowest BCUT2D eigenvalue weighted by molar-refractivity contribution is -0.114. The first-order valence-electron chi connectivity index (χ1n) is 4.32. The van der Waals surface area contributed by atoms with Gasteiger partial charge in [-0.3, -0.25) is 4.68 Å². The molecule has 0 amide bonds. The summed E-state index contributed by atoms with van der Waals surface area (Å²) in [6.07, 6.45) is 0.830. The molecule has 0 aliphatic rings. The van der Waals surface area contributed by atoms with Crippen LogP contribution in [0.4, 0.5) is 0 Å². The number of carbonyl (C=O) groups is 1. The molecule has 13 heavy (non-hydrogen) atoms. The van der Waals surface area contributed by atoms with Gasteiger partial charge in [0.05, 0.1) is 5.69 Å². The fourth-order valence-corrected chi connectivity index (χ4v) is 1.20. The lowest BCUT2D eigenvalue weighted by Crippen LogP contribution is -2.14. The Morgan fingerprint density at radius 1 is 1.77 bits per heavy atom. The molecular formula is C9H14N2O2. The molecule has 72 valence electrons. The van der Waals surface area contributed by atoms with E-state index >= 15 is 0 Å². The van der Waals surface area contributed by atoms with E-state index in [0.717, 1.165) is 17.8 Å². The molecule has 0 aromatic carbocycles. The molecule has 1 atom stereocenters. The van der Waals surface area contributed by atoms with Crippen molar-refractivity contribution in [3.63, 3.8) is 0 Å². The van der Waals surface area contributed by atoms with E-state index in [1.54, 1.807) is 4.68 Å². The molecule has 1 heterocycles. The number of aliphatic hydroxyl groups is 1. The number of hydrogen-bond acceptors (Lipinski definition) is 3. The second-order valence-corrected chi connectivity index (χ2v) is 3.01. The molecule has 0 aliphatic carbocycles. The van der Waals surface area contributed by atoms with Gasteiger partial charge < -0.3 is 9.90 Å². The number of hydrogen-bond donors (Lipinski definition) is 1. The summed E-state index contributed by atoms with van der Waals surface area (Å²) in [5.74, 6) is 0. The van der Waals surface area contributed by atoms with Gasteiger partial charge in [-0.2, -0.15) is 5.10 Å². The van der Waals surface area contributed by atoms with Crippen molar-refractivity contribution in [1.29, 1.82) is 0 Å². The largest absolute Gasteiger partial charge is 0.385 e. The highest BCUT2D eigenvalue weighted by atomic mass is 16.3. The SMILES string of the molecule is CCc1cc(CC(O)C=O)n(C)n1. The van der Waals surface area contributed by atoms with Crippen LogP contribution in [0.5, 0.6) is 0 Å². The highest BCUT2D eigenvalue weighted by Gasteiger charge is 2.08. The van der Waals surface area contributed by atoms with E-state index in [1.165, 1.54) is 0 Å². The maximum Gasteiger partial charge on any atom is 0.148 e. The van der Waals surface area contributed by atoms with Gasteiger partial charge in [-0.15, -0.1) is 0 Å². The molecule has 0 saturated heterocycles. The van der Waals surface area contributed by atoms with Crippen LogP contribution in [0.2, 0.25) is 0 Å². The van der Waals surface area contributed by atoms with Crippen molar-refractivity contribution >= 4 is 6.29 Å². The van der Waals surface area contributed by atoms with E-state index in [9.17, 15) is 4.79 Å². The molecule has 1 aromatic rings. The summed E-state index contributed by atoms with van der Waals surface area (Å²) in [5.41, 5.74) is 1.87. The summed E-state index contributed by atoms with van der Waals surface area (Å²) in [6.45, 7) is 2.02. The molecule has 1 rings (SSSR count). The zero-order valence-corrected chi connectivity index (χ0v) is 7.90. The Morgan fingerprint density at radius 2 is 2.46 bits per heavy atom. The molecule has 0 spiro atoms. The highest BCUT2D eigenvalue weighted by molar-refractivity contribution is 5.56. The number of aldehydes is 1. The Hall–Kier alpha value is -1.16. The predicted molar refractivity (Wildman–Crippen MR) is 48.4 cm³/mol. The molecule has 0 aliphatic heterocycles. The first-order valence-corrected chi connectivity index (χ1v) is 4.32. The normalized spacial score (nSPS) is 12.8. The third kappa shape index (κ3) is 2.39. The Kier molecular flexibility index (Phi) is 3.19. The number of nitrogens with zero attached hydrogens (tertiary/aromatic N) is 2. The minimum atomic E-state index is -0.917. The quantitative estimate of drug-likeness (QED) is 0.671. The summed E-state index contributed by atoms with van der Waals surface area (Å²) in [4.78, 5) is 10.2. The van der Waals surface area contributed by atoms with Gasteiger partial charge in [0.25, 0.3) is 0 Å². The second-order valence-electron chi connectivity index (χ2n) is 3.01. The van der Waals surface area contributed by atoms with Crippen molar-refractivity contribution < 1.29 is 9.90 Å². The first kappa shape index (κ1) is 9.92. The number of aliphatic hydroxyl groups excluding tert-OH is 1. The van der Waals surface area contributed by atoms with E-state index in [0.29, 0.717) is 12.7 Å². The van der Waals surface area contributed by atoms with Gasteiger partial charge in [0, 0.05) is 19.2 Å². The third-order valence-electron chi connectivity index (χ3n) is 1.96. The summed E-state index contributed by atoms with van der Waals surface area (Å²) in [5, 5.41) is 13.3. The lowest BCUT2D eigenvalue weighted by atomic mass is 10.2. The van der Waals surface area contributed by atoms with Gasteiger partial charge in [0.15, 0.2) is 0 Å². The van der Waals surface area contributed by atoms with Crippen LogP contribution < -0.4 is 0 Å². The fourth-order valence-electron chi connectivity index (χ4n) is 1.20. The van der Waals surface area contributed by atoms with E-state index < -0.39 is 6.10 Å². The van der Waals surface area contributed by atoms with Crippen molar-refractivity contribution in [2.45, 2.75) is 25.9 Å². The second kappa shape index (κ2) is 4.18. The standard InChI is InChI=1S/C9H14N2O2/c1-3-7-4-8(11(2)10-7)5-9(13)6-12/h4,6,9,13H,3,5H2,1-2H3. The van der Waals surface area contributed by atoms with E-state index in [2.05, 4.69) is 5.10 Å². The van der Waals surface area contributed by atoms with E-state index in [1.807, 2.05) is 20.0 Å². The number of aryl methyl sites for hydroxylation is 2. The zero-order chi connectivity index (χ0) is 9.84. The van der Waals surface area contributed by atoms with E-state index in [4.69, 9.17) is 5.11 Å². The Balaban J connectivity index is 2.76. The smallest absolute Gasteiger partial charge is 0.148 e. The van der Waals surface area contributed by atoms with Crippen molar-refractivity contribution in [2.24, 2.45) is 7.05 Å². The molecule has 1 N–H and O–H groups in total. The summed E-state index contributed by atoms with van der Waals surface area (Å²) < 4.78 is 1.70. The Bertz CT molecular complexity index is 294. The van der Waals surface area contributed by atoms with Gasteiger partial charge >= 0.3 is 0 Å². The molecule has 0 radical (unpaired) electrons. The van der Waals surface area contributed by atoms with Crippen LogP contribution in [0.25, 0.3) is 0 Å². The third-order valence-corrected chi connectivity index (χ3v) is 1.96. The van der Waals surface area contributed by atoms with Crippen molar-refractivity contribution in [3.8, 4) is 0 Å². The Labute approximate surface area is 77.2 Å². The van der Waals surface area contributed by atoms with Crippen LogP contribution in [0.3, 0.4) is 0 Å². The maximum absolute atomic E-state index is 10.2. The molecule has 1 aromatic heterocycles. The average molecular weight is 182 g/mol. The van der Waals surface area contributed by atoms with Crippen LogP contribution in [0.1, 0.15) is 18.3 Å². The molecule has 4 nitrogen and oxygen atoms in total. The van der Waals surface area contributed by atoms with Crippen LogP contribution >= 0.6 is 0 Å². The van der Waals surface area contributed by atoms with Gasteiger partial charge in [-0.05, 0) is 12.5 Å². The molecule has 4 heteroatoms. The molecule has 1 unspecified atom stereocenters. The minimum Gasteiger partial charge on any atom is -0.385 e. The summed E-state index contributed by atoms with van der Waals surface area (Å²) in [6, 6.07) is 1.91. The minimum absolute atomic E-state index is 0.340. The zero-order valence-electron chi connectivity index (χ0n) is 7.90. The van der Waals surface area contributed by atoms with Crippen molar-refractivity contribution in [3.05, 3.63) is 17.5 Å². The predicted octanol–water partition coefficient (Wildman–Crippen LogP) is 0.0848. The number of aromatic nitrogens is 2. The monoisotopic (exact) mass is 182 g/mol. The van der Waals surface area contributed by atoms with Gasteiger partial charge in [-0.1, -0.05) is 6.92 Å². The highest BCUT2D eigenvalue weighted by Crippen LogP contribution is 2.05. The number of rotatable bonds is 4. The topological polar surface area (TPSA) is 55.1 Å². The lowest BCUT2D eigenvalue weighted by Gasteiger charge is -2.02.